The van der Waals surface area contributed by atoms with Crippen molar-refractivity contribution in [1.29, 1.82) is 0 Å². The van der Waals surface area contributed by atoms with E-state index in [0.717, 1.165) is 31.3 Å². The fraction of sp³-hybridized carbons (Fsp3) is 0.500. The van der Waals surface area contributed by atoms with E-state index in [1.54, 1.807) is 11.3 Å². The number of ether oxygens (including phenoxy) is 1. The van der Waals surface area contributed by atoms with Gasteiger partial charge >= 0.3 is 0 Å². The first-order valence-electron chi connectivity index (χ1n) is 4.78. The minimum absolute atomic E-state index is 0.505. The van der Waals surface area contributed by atoms with Crippen molar-refractivity contribution >= 4 is 16.5 Å². The van der Waals surface area contributed by atoms with Crippen LogP contribution in [0.5, 0.6) is 0 Å². The van der Waals surface area contributed by atoms with Gasteiger partial charge in [0.2, 0.25) is 0 Å². The zero-order chi connectivity index (χ0) is 9.80. The Morgan fingerprint density at radius 1 is 1.79 bits per heavy atom. The molecule has 0 spiro atoms. The van der Waals surface area contributed by atoms with Crippen LogP contribution in [-0.4, -0.2) is 24.7 Å². The lowest BCUT2D eigenvalue weighted by molar-refractivity contribution is 0.193. The molecule has 0 aliphatic carbocycles. The highest BCUT2D eigenvalue weighted by Crippen LogP contribution is 2.27. The molecule has 1 unspecified atom stereocenters. The molecule has 1 aliphatic rings. The molecule has 1 saturated heterocycles. The molecule has 1 aromatic rings. The number of hydrogen-bond donors (Lipinski definition) is 1. The molecule has 1 fully saturated rings. The maximum absolute atomic E-state index is 5.33. The van der Waals surface area contributed by atoms with Crippen molar-refractivity contribution < 1.29 is 4.74 Å². The lowest BCUT2D eigenvalue weighted by Crippen LogP contribution is -2.00. The summed E-state index contributed by atoms with van der Waals surface area (Å²) in [5.41, 5.74) is 1.17. The second-order valence-electron chi connectivity index (χ2n) is 3.31. The van der Waals surface area contributed by atoms with Crippen LogP contribution in [0.2, 0.25) is 0 Å². The summed E-state index contributed by atoms with van der Waals surface area (Å²) in [5, 5.41) is 6.28. The number of rotatable bonds is 4. The van der Waals surface area contributed by atoms with Gasteiger partial charge in [-0.3, -0.25) is 0 Å². The van der Waals surface area contributed by atoms with E-state index in [1.807, 2.05) is 6.08 Å². The summed E-state index contributed by atoms with van der Waals surface area (Å²) in [7, 11) is 0. The fourth-order valence-corrected chi connectivity index (χ4v) is 2.28. The van der Waals surface area contributed by atoms with Crippen LogP contribution < -0.4 is 5.32 Å². The van der Waals surface area contributed by atoms with Gasteiger partial charge in [-0.25, -0.2) is 4.98 Å². The third-order valence-electron chi connectivity index (χ3n) is 2.27. The standard InChI is InChI=1S/C10H14N2OS/c1-2-4-11-10-12-9(7-14-10)8-3-5-13-6-8/h2,7-8H,1,3-6H2,(H,11,12). The van der Waals surface area contributed by atoms with Crippen molar-refractivity contribution in [3.63, 3.8) is 0 Å². The highest BCUT2D eigenvalue weighted by atomic mass is 32.1. The Labute approximate surface area is 87.8 Å². The number of nitrogens with zero attached hydrogens (tertiary/aromatic N) is 1. The van der Waals surface area contributed by atoms with Crippen LogP contribution in [0.15, 0.2) is 18.0 Å². The van der Waals surface area contributed by atoms with Gasteiger partial charge in [0.05, 0.1) is 12.3 Å². The molecule has 0 aromatic carbocycles. The number of nitrogens with one attached hydrogen (secondary N) is 1. The zero-order valence-electron chi connectivity index (χ0n) is 8.03. The summed E-state index contributed by atoms with van der Waals surface area (Å²) in [6.07, 6.45) is 2.93. The van der Waals surface area contributed by atoms with Crippen molar-refractivity contribution in [2.45, 2.75) is 12.3 Å². The highest BCUT2D eigenvalue weighted by molar-refractivity contribution is 7.13. The normalized spacial score (nSPS) is 21.0. The molecule has 1 N–H and O–H groups in total. The Hall–Kier alpha value is -0.870. The molecule has 2 heterocycles. The minimum atomic E-state index is 0.505. The first-order valence-corrected chi connectivity index (χ1v) is 5.66. The van der Waals surface area contributed by atoms with Gasteiger partial charge in [-0.15, -0.1) is 17.9 Å². The summed E-state index contributed by atoms with van der Waals surface area (Å²) in [5.74, 6) is 0.505. The van der Waals surface area contributed by atoms with Gasteiger partial charge in [0.25, 0.3) is 0 Å². The molecule has 0 radical (unpaired) electrons. The van der Waals surface area contributed by atoms with E-state index in [0.29, 0.717) is 5.92 Å². The Morgan fingerprint density at radius 2 is 2.71 bits per heavy atom. The quantitative estimate of drug-likeness (QED) is 0.774. The lowest BCUT2D eigenvalue weighted by atomic mass is 10.1. The Balaban J connectivity index is 1.97. The molecule has 2 rings (SSSR count). The molecule has 0 saturated carbocycles. The molecule has 1 atom stereocenters. The second-order valence-corrected chi connectivity index (χ2v) is 4.17. The third kappa shape index (κ3) is 2.13. The molecular weight excluding hydrogens is 196 g/mol. The van der Waals surface area contributed by atoms with Crippen molar-refractivity contribution in [3.05, 3.63) is 23.7 Å². The monoisotopic (exact) mass is 210 g/mol. The average Bonchev–Trinajstić information content (AvgIpc) is 2.85. The summed E-state index contributed by atoms with van der Waals surface area (Å²) in [6.45, 7) is 6.12. The largest absolute Gasteiger partial charge is 0.381 e. The van der Waals surface area contributed by atoms with E-state index in [9.17, 15) is 0 Å². The van der Waals surface area contributed by atoms with Crippen LogP contribution in [0.4, 0.5) is 5.13 Å². The Bertz CT molecular complexity index is 305. The summed E-state index contributed by atoms with van der Waals surface area (Å²) >= 11 is 1.65. The second kappa shape index (κ2) is 4.57. The number of hydrogen-bond acceptors (Lipinski definition) is 4. The zero-order valence-corrected chi connectivity index (χ0v) is 8.85. The number of aromatic nitrogens is 1. The first kappa shape index (κ1) is 9.68. The van der Waals surface area contributed by atoms with Gasteiger partial charge in [0, 0.05) is 24.4 Å². The summed E-state index contributed by atoms with van der Waals surface area (Å²) < 4.78 is 5.33. The molecule has 14 heavy (non-hydrogen) atoms. The lowest BCUT2D eigenvalue weighted by Gasteiger charge is -2.01. The maximum atomic E-state index is 5.33. The number of anilines is 1. The Morgan fingerprint density at radius 3 is 3.43 bits per heavy atom. The van der Waals surface area contributed by atoms with Crippen LogP contribution in [0.25, 0.3) is 0 Å². The summed E-state index contributed by atoms with van der Waals surface area (Å²) in [4.78, 5) is 4.51. The van der Waals surface area contributed by atoms with E-state index < -0.39 is 0 Å². The molecular formula is C10H14N2OS. The minimum Gasteiger partial charge on any atom is -0.381 e. The molecule has 1 aromatic heterocycles. The smallest absolute Gasteiger partial charge is 0.183 e. The molecule has 1 aliphatic heterocycles. The fourth-order valence-electron chi connectivity index (χ4n) is 1.48. The van der Waals surface area contributed by atoms with Crippen LogP contribution in [0, 0.1) is 0 Å². The first-order chi connectivity index (χ1) is 6.90. The van der Waals surface area contributed by atoms with Crippen molar-refractivity contribution in [1.82, 2.24) is 4.98 Å². The SMILES string of the molecule is C=CCNc1nc(C2CCOC2)cs1. The third-order valence-corrected chi connectivity index (χ3v) is 3.09. The van der Waals surface area contributed by atoms with Gasteiger partial charge in [0.15, 0.2) is 5.13 Å². The average molecular weight is 210 g/mol. The van der Waals surface area contributed by atoms with Crippen LogP contribution in [0.3, 0.4) is 0 Å². The predicted octanol–water partition coefficient (Wildman–Crippen LogP) is 2.24. The van der Waals surface area contributed by atoms with Gasteiger partial charge in [-0.2, -0.15) is 0 Å². The van der Waals surface area contributed by atoms with E-state index in [4.69, 9.17) is 4.74 Å². The van der Waals surface area contributed by atoms with Crippen LogP contribution in [-0.2, 0) is 4.74 Å². The topological polar surface area (TPSA) is 34.2 Å². The molecule has 3 nitrogen and oxygen atoms in total. The molecule has 4 heteroatoms. The molecule has 76 valence electrons. The Kier molecular flexibility index (Phi) is 3.16. The van der Waals surface area contributed by atoms with Crippen molar-refractivity contribution in [3.8, 4) is 0 Å². The van der Waals surface area contributed by atoms with Crippen molar-refractivity contribution in [2.24, 2.45) is 0 Å². The van der Waals surface area contributed by atoms with Crippen LogP contribution >= 0.6 is 11.3 Å². The maximum Gasteiger partial charge on any atom is 0.183 e. The van der Waals surface area contributed by atoms with Crippen LogP contribution in [0.1, 0.15) is 18.0 Å². The van der Waals surface area contributed by atoms with Gasteiger partial charge in [0.1, 0.15) is 0 Å². The van der Waals surface area contributed by atoms with Crippen molar-refractivity contribution in [2.75, 3.05) is 25.1 Å². The number of thiazole rings is 1. The van der Waals surface area contributed by atoms with E-state index in [2.05, 4.69) is 22.3 Å². The van der Waals surface area contributed by atoms with Gasteiger partial charge in [-0.05, 0) is 6.42 Å². The molecule has 0 amide bonds. The van der Waals surface area contributed by atoms with E-state index in [1.165, 1.54) is 5.69 Å². The van der Waals surface area contributed by atoms with Gasteiger partial charge < -0.3 is 10.1 Å². The van der Waals surface area contributed by atoms with E-state index in [-0.39, 0.29) is 0 Å². The summed E-state index contributed by atoms with van der Waals surface area (Å²) in [6, 6.07) is 0. The predicted molar refractivity (Wildman–Crippen MR) is 59.0 cm³/mol. The van der Waals surface area contributed by atoms with Gasteiger partial charge in [-0.1, -0.05) is 6.08 Å². The highest BCUT2D eigenvalue weighted by Gasteiger charge is 2.20. The molecule has 0 bridgehead atoms. The van der Waals surface area contributed by atoms with E-state index >= 15 is 0 Å².